The standard InChI is InChI=1S/C30H32N4O4/c1-18(2)37-26-8-7-19(13-21(26)16-31)28-32-27(33-38-28)24-5-4-6-25-23(24)9-10-30(25)11-12-34(17-30)22-14-20(15-22)29(35)36-3/h4-8,13,18,20,22H,9-12,14-15,17H2,1-3H3. The van der Waals surface area contributed by atoms with Crippen LogP contribution < -0.4 is 4.74 Å². The van der Waals surface area contributed by atoms with E-state index < -0.39 is 0 Å². The summed E-state index contributed by atoms with van der Waals surface area (Å²) in [6.45, 7) is 5.95. The molecule has 2 fully saturated rings. The van der Waals surface area contributed by atoms with Crippen molar-refractivity contribution < 1.29 is 18.8 Å². The zero-order chi connectivity index (χ0) is 26.4. The average molecular weight is 513 g/mol. The third-order valence-corrected chi connectivity index (χ3v) is 8.52. The molecule has 0 bridgehead atoms. The number of hydrogen-bond donors (Lipinski definition) is 0. The molecule has 1 saturated carbocycles. The first-order chi connectivity index (χ1) is 18.4. The van der Waals surface area contributed by atoms with Gasteiger partial charge in [-0.2, -0.15) is 10.2 Å². The molecule has 8 heteroatoms. The van der Waals surface area contributed by atoms with E-state index >= 15 is 0 Å². The molecule has 1 saturated heterocycles. The first-order valence-electron chi connectivity index (χ1n) is 13.4. The summed E-state index contributed by atoms with van der Waals surface area (Å²) in [6.07, 6.45) is 5.00. The van der Waals surface area contributed by atoms with Gasteiger partial charge >= 0.3 is 5.97 Å². The van der Waals surface area contributed by atoms with Gasteiger partial charge in [0.1, 0.15) is 11.8 Å². The zero-order valence-corrected chi connectivity index (χ0v) is 22.1. The number of methoxy groups -OCH3 is 1. The van der Waals surface area contributed by atoms with Crippen molar-refractivity contribution in [3.8, 4) is 34.7 Å². The molecule has 1 unspecified atom stereocenters. The molecule has 2 aromatic carbocycles. The number of nitrogens with zero attached hydrogens (tertiary/aromatic N) is 4. The topological polar surface area (TPSA) is 101 Å². The fourth-order valence-corrected chi connectivity index (χ4v) is 6.50. The number of rotatable bonds is 6. The lowest BCUT2D eigenvalue weighted by atomic mass is 9.78. The highest BCUT2D eigenvalue weighted by Crippen LogP contribution is 2.49. The van der Waals surface area contributed by atoms with E-state index in [1.165, 1.54) is 18.2 Å². The van der Waals surface area contributed by atoms with E-state index in [2.05, 4.69) is 34.3 Å². The van der Waals surface area contributed by atoms with Gasteiger partial charge in [-0.15, -0.1) is 0 Å². The second-order valence-electron chi connectivity index (χ2n) is 11.1. The number of fused-ring (bicyclic) bond motifs is 2. The van der Waals surface area contributed by atoms with Crippen molar-refractivity contribution in [3.05, 3.63) is 53.1 Å². The summed E-state index contributed by atoms with van der Waals surface area (Å²) in [5.41, 5.74) is 4.99. The van der Waals surface area contributed by atoms with Crippen LogP contribution in [0.5, 0.6) is 5.75 Å². The van der Waals surface area contributed by atoms with Crippen LogP contribution >= 0.6 is 0 Å². The molecule has 0 amide bonds. The predicted molar refractivity (Wildman–Crippen MR) is 140 cm³/mol. The second kappa shape index (κ2) is 9.55. The normalized spacial score (nSPS) is 24.3. The quantitative estimate of drug-likeness (QED) is 0.430. The highest BCUT2D eigenvalue weighted by Gasteiger charge is 2.49. The van der Waals surface area contributed by atoms with Gasteiger partial charge in [-0.05, 0) is 81.8 Å². The van der Waals surface area contributed by atoms with Crippen molar-refractivity contribution >= 4 is 5.97 Å². The van der Waals surface area contributed by atoms with Crippen molar-refractivity contribution in [2.75, 3.05) is 20.2 Å². The number of likely N-dealkylation sites (tertiary alicyclic amines) is 1. The molecular weight excluding hydrogens is 480 g/mol. The predicted octanol–water partition coefficient (Wildman–Crippen LogP) is 4.90. The summed E-state index contributed by atoms with van der Waals surface area (Å²) in [5, 5.41) is 13.9. The van der Waals surface area contributed by atoms with E-state index in [0.717, 1.165) is 50.8 Å². The number of ether oxygens (including phenoxy) is 2. The number of hydrogen-bond acceptors (Lipinski definition) is 8. The summed E-state index contributed by atoms with van der Waals surface area (Å²) >= 11 is 0. The van der Waals surface area contributed by atoms with Crippen LogP contribution in [0, 0.1) is 17.2 Å². The molecular formula is C30H32N4O4. The van der Waals surface area contributed by atoms with Gasteiger partial charge in [0.2, 0.25) is 5.82 Å². The zero-order valence-electron chi connectivity index (χ0n) is 22.1. The number of aromatic nitrogens is 2. The van der Waals surface area contributed by atoms with Gasteiger partial charge in [-0.3, -0.25) is 9.69 Å². The maximum atomic E-state index is 11.8. The Balaban J connectivity index is 1.22. The number of nitriles is 1. The Morgan fingerprint density at radius 3 is 2.84 bits per heavy atom. The number of carbonyl (C=O) groups excluding carboxylic acids is 1. The van der Waals surface area contributed by atoms with Crippen LogP contribution in [0.2, 0.25) is 0 Å². The maximum absolute atomic E-state index is 11.8. The Hall–Kier alpha value is -3.70. The Bertz CT molecular complexity index is 1420. The molecule has 1 spiro atoms. The van der Waals surface area contributed by atoms with Gasteiger partial charge < -0.3 is 14.0 Å². The number of benzene rings is 2. The van der Waals surface area contributed by atoms with Crippen molar-refractivity contribution in [1.82, 2.24) is 15.0 Å². The summed E-state index contributed by atoms with van der Waals surface area (Å²) in [4.78, 5) is 19.1. The number of esters is 1. The summed E-state index contributed by atoms with van der Waals surface area (Å²) in [6, 6.07) is 14.5. The van der Waals surface area contributed by atoms with E-state index in [9.17, 15) is 10.1 Å². The fraction of sp³-hybridized carbons (Fsp3) is 0.467. The van der Waals surface area contributed by atoms with E-state index in [1.807, 2.05) is 19.9 Å². The fourth-order valence-electron chi connectivity index (χ4n) is 6.50. The monoisotopic (exact) mass is 512 g/mol. The van der Waals surface area contributed by atoms with Crippen LogP contribution in [-0.2, 0) is 21.4 Å². The lowest BCUT2D eigenvalue weighted by molar-refractivity contribution is -0.150. The van der Waals surface area contributed by atoms with Crippen LogP contribution in [0.1, 0.15) is 56.2 Å². The van der Waals surface area contributed by atoms with Crippen molar-refractivity contribution in [2.24, 2.45) is 5.92 Å². The molecule has 3 aliphatic rings. The lowest BCUT2D eigenvalue weighted by Crippen LogP contribution is -2.47. The van der Waals surface area contributed by atoms with Gasteiger partial charge in [0.25, 0.3) is 5.89 Å². The first kappa shape index (κ1) is 24.6. The average Bonchev–Trinajstić information content (AvgIpc) is 3.63. The molecule has 2 aliphatic carbocycles. The summed E-state index contributed by atoms with van der Waals surface area (Å²) < 4.78 is 16.3. The van der Waals surface area contributed by atoms with E-state index in [-0.39, 0.29) is 23.4 Å². The third-order valence-electron chi connectivity index (χ3n) is 8.52. The molecule has 38 heavy (non-hydrogen) atoms. The van der Waals surface area contributed by atoms with Gasteiger partial charge in [0.15, 0.2) is 0 Å². The number of carbonyl (C=O) groups is 1. The van der Waals surface area contributed by atoms with Crippen LogP contribution in [0.15, 0.2) is 40.9 Å². The molecule has 0 N–H and O–H groups in total. The van der Waals surface area contributed by atoms with Crippen LogP contribution in [0.3, 0.4) is 0 Å². The van der Waals surface area contributed by atoms with E-state index in [1.54, 1.807) is 12.1 Å². The minimum atomic E-state index is -0.0748. The van der Waals surface area contributed by atoms with Gasteiger partial charge in [0.05, 0.1) is 24.7 Å². The van der Waals surface area contributed by atoms with Gasteiger partial charge in [-0.1, -0.05) is 23.4 Å². The minimum Gasteiger partial charge on any atom is -0.490 e. The smallest absolute Gasteiger partial charge is 0.308 e. The Morgan fingerprint density at radius 2 is 2.08 bits per heavy atom. The second-order valence-corrected chi connectivity index (χ2v) is 11.1. The van der Waals surface area contributed by atoms with Crippen LogP contribution in [-0.4, -0.2) is 53.4 Å². The Morgan fingerprint density at radius 1 is 1.24 bits per heavy atom. The lowest BCUT2D eigenvalue weighted by Gasteiger charge is -2.40. The maximum Gasteiger partial charge on any atom is 0.308 e. The summed E-state index contributed by atoms with van der Waals surface area (Å²) in [7, 11) is 1.47. The molecule has 1 aliphatic heterocycles. The SMILES string of the molecule is COC(=O)C1CC(N2CCC3(CCc4c(-c5noc(-c6ccc(OC(C)C)c(C#N)c6)n5)cccc43)C2)C1. The minimum absolute atomic E-state index is 0.0242. The molecule has 1 aromatic heterocycles. The largest absolute Gasteiger partial charge is 0.490 e. The highest BCUT2D eigenvalue weighted by atomic mass is 16.5. The molecule has 6 rings (SSSR count). The molecule has 3 aromatic rings. The molecule has 2 heterocycles. The van der Waals surface area contributed by atoms with Crippen LogP contribution in [0.4, 0.5) is 0 Å². The van der Waals surface area contributed by atoms with E-state index in [4.69, 9.17) is 19.0 Å². The van der Waals surface area contributed by atoms with Crippen LogP contribution in [0.25, 0.3) is 22.8 Å². The molecule has 1 atom stereocenters. The van der Waals surface area contributed by atoms with Crippen molar-refractivity contribution in [2.45, 2.75) is 63.5 Å². The molecule has 0 radical (unpaired) electrons. The molecule has 8 nitrogen and oxygen atoms in total. The molecule has 196 valence electrons. The Labute approximate surface area is 222 Å². The van der Waals surface area contributed by atoms with E-state index in [0.29, 0.717) is 34.6 Å². The van der Waals surface area contributed by atoms with Gasteiger partial charge in [0, 0.05) is 29.1 Å². The van der Waals surface area contributed by atoms with Gasteiger partial charge in [-0.25, -0.2) is 0 Å². The first-order valence-corrected chi connectivity index (χ1v) is 13.4. The third kappa shape index (κ3) is 4.15. The Kier molecular flexibility index (Phi) is 6.19. The van der Waals surface area contributed by atoms with Crippen molar-refractivity contribution in [1.29, 1.82) is 5.26 Å². The highest BCUT2D eigenvalue weighted by molar-refractivity contribution is 5.73. The van der Waals surface area contributed by atoms with Crippen molar-refractivity contribution in [3.63, 3.8) is 0 Å². The summed E-state index contributed by atoms with van der Waals surface area (Å²) in [5.74, 6) is 1.49.